The lowest BCUT2D eigenvalue weighted by Gasteiger charge is -2.23. The third-order valence-electron chi connectivity index (χ3n) is 2.86. The van der Waals surface area contributed by atoms with Gasteiger partial charge in [-0.2, -0.15) is 0 Å². The molecule has 0 aromatic heterocycles. The first-order valence-electron chi connectivity index (χ1n) is 5.70. The Morgan fingerprint density at radius 2 is 1.88 bits per heavy atom. The highest BCUT2D eigenvalue weighted by atomic mass is 16.5. The second kappa shape index (κ2) is 5.35. The van der Waals surface area contributed by atoms with Crippen LogP contribution in [0, 0.1) is 13.8 Å². The van der Waals surface area contributed by atoms with Gasteiger partial charge in [0.25, 0.3) is 0 Å². The normalized spacial score (nSPS) is 11.6. The Balaban J connectivity index is 2.52. The zero-order chi connectivity index (χ0) is 12.2. The van der Waals surface area contributed by atoms with Crippen molar-refractivity contribution in [3.63, 3.8) is 0 Å². The number of rotatable bonds is 5. The van der Waals surface area contributed by atoms with Gasteiger partial charge in [-0.3, -0.25) is 0 Å². The third kappa shape index (κ3) is 3.86. The van der Waals surface area contributed by atoms with Crippen molar-refractivity contribution in [2.24, 2.45) is 0 Å². The summed E-state index contributed by atoms with van der Waals surface area (Å²) in [7, 11) is 1.73. The Morgan fingerprint density at radius 1 is 1.19 bits per heavy atom. The Bertz CT molecular complexity index is 343. The first-order chi connectivity index (χ1) is 7.44. The lowest BCUT2D eigenvalue weighted by molar-refractivity contribution is 0.00539. The Hall–Kier alpha value is -1.02. The Morgan fingerprint density at radius 3 is 2.50 bits per heavy atom. The smallest absolute Gasteiger partial charge is 0.122 e. The number of hydrogen-bond donors (Lipinski definition) is 0. The highest BCUT2D eigenvalue weighted by Crippen LogP contribution is 2.20. The van der Waals surface area contributed by atoms with Crippen molar-refractivity contribution in [1.29, 1.82) is 0 Å². The molecule has 0 unspecified atom stereocenters. The Labute approximate surface area is 98.6 Å². The number of methoxy groups -OCH3 is 1. The van der Waals surface area contributed by atoms with Gasteiger partial charge in [0.1, 0.15) is 5.75 Å². The minimum Gasteiger partial charge on any atom is -0.493 e. The topological polar surface area (TPSA) is 18.5 Å². The van der Waals surface area contributed by atoms with Crippen LogP contribution in [0.1, 0.15) is 31.4 Å². The van der Waals surface area contributed by atoms with Crippen molar-refractivity contribution in [2.45, 2.75) is 39.7 Å². The molecular weight excluding hydrogens is 200 g/mol. The van der Waals surface area contributed by atoms with Crippen LogP contribution in [-0.2, 0) is 4.74 Å². The standard InChI is InChI=1S/C14H22O2/c1-11-6-7-12(2)13(10-11)16-9-8-14(3,4)15-5/h6-7,10H,8-9H2,1-5H3. The van der Waals surface area contributed by atoms with Gasteiger partial charge >= 0.3 is 0 Å². The lowest BCUT2D eigenvalue weighted by atomic mass is 10.1. The second-order valence-corrected chi connectivity index (χ2v) is 4.83. The van der Waals surface area contributed by atoms with Crippen molar-refractivity contribution in [3.05, 3.63) is 29.3 Å². The largest absolute Gasteiger partial charge is 0.493 e. The predicted octanol–water partition coefficient (Wildman–Crippen LogP) is 3.50. The summed E-state index contributed by atoms with van der Waals surface area (Å²) in [6, 6.07) is 6.27. The highest BCUT2D eigenvalue weighted by Gasteiger charge is 2.16. The van der Waals surface area contributed by atoms with Gasteiger partial charge in [-0.1, -0.05) is 12.1 Å². The quantitative estimate of drug-likeness (QED) is 0.759. The van der Waals surface area contributed by atoms with Crippen LogP contribution in [-0.4, -0.2) is 19.3 Å². The molecule has 0 aliphatic carbocycles. The van der Waals surface area contributed by atoms with Crippen LogP contribution in [0.15, 0.2) is 18.2 Å². The molecule has 0 fully saturated rings. The number of ether oxygens (including phenoxy) is 2. The molecule has 0 aliphatic heterocycles. The molecule has 2 heteroatoms. The summed E-state index contributed by atoms with van der Waals surface area (Å²) in [5.74, 6) is 0.979. The summed E-state index contributed by atoms with van der Waals surface area (Å²) in [5.41, 5.74) is 2.30. The molecule has 0 radical (unpaired) electrons. The molecule has 0 saturated carbocycles. The van der Waals surface area contributed by atoms with E-state index in [9.17, 15) is 0 Å². The van der Waals surface area contributed by atoms with Crippen molar-refractivity contribution in [2.75, 3.05) is 13.7 Å². The van der Waals surface area contributed by atoms with Gasteiger partial charge in [0.05, 0.1) is 12.2 Å². The minimum atomic E-state index is -0.113. The molecule has 1 aromatic rings. The van der Waals surface area contributed by atoms with Crippen LogP contribution in [0.3, 0.4) is 0 Å². The molecule has 0 N–H and O–H groups in total. The fourth-order valence-corrected chi connectivity index (χ4v) is 1.37. The van der Waals surface area contributed by atoms with Crippen molar-refractivity contribution in [3.8, 4) is 5.75 Å². The van der Waals surface area contributed by atoms with Crippen LogP contribution in [0.2, 0.25) is 0 Å². The number of aryl methyl sites for hydroxylation is 2. The molecule has 1 rings (SSSR count). The van der Waals surface area contributed by atoms with E-state index in [2.05, 4.69) is 45.9 Å². The monoisotopic (exact) mass is 222 g/mol. The number of hydrogen-bond acceptors (Lipinski definition) is 2. The van der Waals surface area contributed by atoms with E-state index in [0.29, 0.717) is 6.61 Å². The van der Waals surface area contributed by atoms with Crippen LogP contribution in [0.5, 0.6) is 5.75 Å². The molecule has 0 atom stereocenters. The van der Waals surface area contributed by atoms with Gasteiger partial charge in [-0.25, -0.2) is 0 Å². The van der Waals surface area contributed by atoms with Crippen molar-refractivity contribution < 1.29 is 9.47 Å². The molecule has 0 spiro atoms. The van der Waals surface area contributed by atoms with Crippen LogP contribution in [0.25, 0.3) is 0 Å². The SMILES string of the molecule is COC(C)(C)CCOc1cc(C)ccc1C. The summed E-state index contributed by atoms with van der Waals surface area (Å²) in [4.78, 5) is 0. The van der Waals surface area contributed by atoms with E-state index in [0.717, 1.165) is 12.2 Å². The van der Waals surface area contributed by atoms with Crippen molar-refractivity contribution >= 4 is 0 Å². The molecule has 16 heavy (non-hydrogen) atoms. The number of benzene rings is 1. The second-order valence-electron chi connectivity index (χ2n) is 4.83. The molecule has 1 aromatic carbocycles. The maximum Gasteiger partial charge on any atom is 0.122 e. The molecule has 0 saturated heterocycles. The predicted molar refractivity (Wildman–Crippen MR) is 67.1 cm³/mol. The van der Waals surface area contributed by atoms with Gasteiger partial charge in [0.2, 0.25) is 0 Å². The van der Waals surface area contributed by atoms with E-state index < -0.39 is 0 Å². The van der Waals surface area contributed by atoms with E-state index in [4.69, 9.17) is 9.47 Å². The van der Waals surface area contributed by atoms with E-state index >= 15 is 0 Å². The zero-order valence-electron chi connectivity index (χ0n) is 11.0. The van der Waals surface area contributed by atoms with Crippen LogP contribution in [0.4, 0.5) is 0 Å². The maximum atomic E-state index is 5.78. The summed E-state index contributed by atoms with van der Waals surface area (Å²) >= 11 is 0. The van der Waals surface area contributed by atoms with Crippen LogP contribution < -0.4 is 4.74 Å². The summed E-state index contributed by atoms with van der Waals surface area (Å²) in [5, 5.41) is 0. The molecule has 0 bridgehead atoms. The molecule has 2 nitrogen and oxygen atoms in total. The van der Waals surface area contributed by atoms with Gasteiger partial charge in [0, 0.05) is 13.5 Å². The van der Waals surface area contributed by atoms with E-state index in [-0.39, 0.29) is 5.60 Å². The fraction of sp³-hybridized carbons (Fsp3) is 0.571. The Kier molecular flexibility index (Phi) is 4.36. The minimum absolute atomic E-state index is 0.113. The average Bonchev–Trinajstić information content (AvgIpc) is 2.23. The van der Waals surface area contributed by atoms with Gasteiger partial charge in [0.15, 0.2) is 0 Å². The first-order valence-corrected chi connectivity index (χ1v) is 5.70. The van der Waals surface area contributed by atoms with E-state index in [1.54, 1.807) is 7.11 Å². The molecule has 90 valence electrons. The van der Waals surface area contributed by atoms with Crippen LogP contribution >= 0.6 is 0 Å². The third-order valence-corrected chi connectivity index (χ3v) is 2.86. The highest BCUT2D eigenvalue weighted by molar-refractivity contribution is 5.35. The first kappa shape index (κ1) is 13.0. The molecular formula is C14H22O2. The lowest BCUT2D eigenvalue weighted by Crippen LogP contribution is -2.25. The average molecular weight is 222 g/mol. The molecule has 0 aliphatic rings. The van der Waals surface area contributed by atoms with E-state index in [1.165, 1.54) is 11.1 Å². The van der Waals surface area contributed by atoms with Gasteiger partial charge < -0.3 is 9.47 Å². The summed E-state index contributed by atoms with van der Waals surface area (Å²) < 4.78 is 11.1. The molecule has 0 amide bonds. The van der Waals surface area contributed by atoms with Crippen molar-refractivity contribution in [1.82, 2.24) is 0 Å². The molecule has 0 heterocycles. The summed E-state index contributed by atoms with van der Waals surface area (Å²) in [6.07, 6.45) is 0.886. The summed E-state index contributed by atoms with van der Waals surface area (Å²) in [6.45, 7) is 8.96. The fourth-order valence-electron chi connectivity index (χ4n) is 1.37. The van der Waals surface area contributed by atoms with Gasteiger partial charge in [-0.15, -0.1) is 0 Å². The van der Waals surface area contributed by atoms with E-state index in [1.807, 2.05) is 0 Å². The van der Waals surface area contributed by atoms with Gasteiger partial charge in [-0.05, 0) is 44.9 Å². The maximum absolute atomic E-state index is 5.78. The zero-order valence-corrected chi connectivity index (χ0v) is 11.0.